The quantitative estimate of drug-likeness (QED) is 0.187. The lowest BCUT2D eigenvalue weighted by Crippen LogP contribution is -2.28. The maximum absolute atomic E-state index is 12.6. The molecule has 4 aromatic heterocycles. The first kappa shape index (κ1) is 26.3. The van der Waals surface area contributed by atoms with Gasteiger partial charge in [0.05, 0.1) is 24.4 Å². The van der Waals surface area contributed by atoms with Gasteiger partial charge in [-0.05, 0) is 40.5 Å². The summed E-state index contributed by atoms with van der Waals surface area (Å²) < 4.78 is 8.53. The fraction of sp³-hybridized carbons (Fsp3) is 0.226. The van der Waals surface area contributed by atoms with Gasteiger partial charge in [0.15, 0.2) is 11.8 Å². The largest absolute Gasteiger partial charge is 0.618 e. The predicted octanol–water partition coefficient (Wildman–Crippen LogP) is 5.12. The molecule has 6 rings (SSSR count). The first-order valence-corrected chi connectivity index (χ1v) is 13.6. The Balaban J connectivity index is 1.39. The molecule has 0 aliphatic carbocycles. The summed E-state index contributed by atoms with van der Waals surface area (Å²) in [4.78, 5) is 10.0. The number of fused-ring (bicyclic) bond motifs is 1. The Morgan fingerprint density at radius 3 is 2.49 bits per heavy atom. The standard InChI is InChI=1S/C31H30N8O2/c1-3-4-12-29-32-26-18-25(28-11-7-8-17-39(28)40)27(20-41-2)33-31(26)38(29)19-21-13-15-22(16-14-21)23-9-5-6-10-24(23)30-34-36-37-35-30/h5-11,13-18H,3-4,12,19-20H2,1-2H3,(H,34,35,36,37)/i2-1. The summed E-state index contributed by atoms with van der Waals surface area (Å²) >= 11 is 0. The van der Waals surface area contributed by atoms with Crippen LogP contribution in [0.1, 0.15) is 36.8 Å². The van der Waals surface area contributed by atoms with Crippen LogP contribution >= 0.6 is 0 Å². The van der Waals surface area contributed by atoms with E-state index in [0.717, 1.165) is 68.8 Å². The highest BCUT2D eigenvalue weighted by atomic mass is 16.5. The van der Waals surface area contributed by atoms with Crippen LogP contribution in [-0.2, 0) is 24.3 Å². The maximum Gasteiger partial charge on any atom is 0.225 e. The molecule has 0 atom stereocenters. The van der Waals surface area contributed by atoms with E-state index in [4.69, 9.17) is 14.7 Å². The van der Waals surface area contributed by atoms with Gasteiger partial charge in [-0.15, -0.1) is 10.2 Å². The number of nitrogens with one attached hydrogen (secondary N) is 1. The average molecular weight is 546 g/mol. The Labute approximate surface area is 237 Å². The fourth-order valence-electron chi connectivity index (χ4n) is 5.11. The van der Waals surface area contributed by atoms with Crippen LogP contribution in [0.15, 0.2) is 79.0 Å². The molecular weight excluding hydrogens is 515 g/mol. The number of rotatable bonds is 10. The number of hydrogen-bond donors (Lipinski definition) is 1. The van der Waals surface area contributed by atoms with Crippen LogP contribution in [0.5, 0.6) is 0 Å². The zero-order valence-corrected chi connectivity index (χ0v) is 23.0. The highest BCUT2D eigenvalue weighted by molar-refractivity contribution is 5.81. The molecule has 10 nitrogen and oxygen atoms in total. The van der Waals surface area contributed by atoms with Crippen LogP contribution in [0.4, 0.5) is 0 Å². The van der Waals surface area contributed by atoms with Gasteiger partial charge < -0.3 is 14.5 Å². The van der Waals surface area contributed by atoms with Crippen LogP contribution in [0, 0.1) is 5.21 Å². The predicted molar refractivity (Wildman–Crippen MR) is 155 cm³/mol. The highest BCUT2D eigenvalue weighted by Gasteiger charge is 2.20. The molecule has 10 heteroatoms. The number of unbranched alkanes of at least 4 members (excludes halogenated alkanes) is 1. The average Bonchev–Trinajstić information content (AvgIpc) is 3.65. The topological polar surface area (TPSA) is 121 Å². The molecule has 0 unspecified atom stereocenters. The number of aryl methyl sites for hydroxylation is 1. The Bertz CT molecular complexity index is 1780. The van der Waals surface area contributed by atoms with E-state index in [0.29, 0.717) is 23.8 Å². The van der Waals surface area contributed by atoms with Crippen molar-refractivity contribution in [3.8, 4) is 33.8 Å². The van der Waals surface area contributed by atoms with Gasteiger partial charge in [-0.2, -0.15) is 9.94 Å². The molecule has 0 bridgehead atoms. The molecule has 0 saturated carbocycles. The third-order valence-corrected chi connectivity index (χ3v) is 7.13. The van der Waals surface area contributed by atoms with Crippen molar-refractivity contribution in [1.82, 2.24) is 35.2 Å². The molecule has 0 aliphatic heterocycles. The molecule has 0 fully saturated rings. The van der Waals surface area contributed by atoms with Gasteiger partial charge >= 0.3 is 0 Å². The maximum atomic E-state index is 12.6. The minimum atomic E-state index is 0.282. The molecular formula is C31H30N8O2. The molecule has 206 valence electrons. The Hall–Kier alpha value is -4.96. The van der Waals surface area contributed by atoms with Crippen LogP contribution in [0.3, 0.4) is 0 Å². The Kier molecular flexibility index (Phi) is 7.46. The number of nitrogens with zero attached hydrogens (tertiary/aromatic N) is 7. The number of H-pyrrole nitrogens is 1. The van der Waals surface area contributed by atoms with Crippen molar-refractivity contribution in [2.45, 2.75) is 39.3 Å². The molecule has 2 aromatic carbocycles. The minimum absolute atomic E-state index is 0.282. The van der Waals surface area contributed by atoms with Crippen molar-refractivity contribution in [1.29, 1.82) is 0 Å². The second kappa shape index (κ2) is 11.6. The number of pyridine rings is 2. The van der Waals surface area contributed by atoms with E-state index < -0.39 is 0 Å². The molecule has 41 heavy (non-hydrogen) atoms. The van der Waals surface area contributed by atoms with Crippen LogP contribution < -0.4 is 4.73 Å². The first-order chi connectivity index (χ1) is 20.2. The lowest BCUT2D eigenvalue weighted by atomic mass is 9.98. The molecule has 6 aromatic rings. The summed E-state index contributed by atoms with van der Waals surface area (Å²) in [6.07, 6.45) is 4.41. The molecule has 0 saturated heterocycles. The Morgan fingerprint density at radius 1 is 0.951 bits per heavy atom. The summed E-state index contributed by atoms with van der Waals surface area (Å²) in [6, 6.07) is 23.8. The van der Waals surface area contributed by atoms with Gasteiger partial charge in [0, 0.05) is 31.2 Å². The number of imidazole rings is 1. The first-order valence-electron chi connectivity index (χ1n) is 13.6. The van der Waals surface area contributed by atoms with Crippen LogP contribution in [-0.4, -0.2) is 42.3 Å². The third-order valence-electron chi connectivity index (χ3n) is 7.13. The van der Waals surface area contributed by atoms with Gasteiger partial charge in [-0.1, -0.05) is 61.9 Å². The third kappa shape index (κ3) is 5.29. The van der Waals surface area contributed by atoms with Crippen molar-refractivity contribution >= 4 is 11.2 Å². The number of benzene rings is 2. The van der Waals surface area contributed by atoms with E-state index in [1.54, 1.807) is 19.2 Å². The van der Waals surface area contributed by atoms with Crippen molar-refractivity contribution < 1.29 is 9.47 Å². The minimum Gasteiger partial charge on any atom is -0.618 e. The Morgan fingerprint density at radius 2 is 1.76 bits per heavy atom. The monoisotopic (exact) mass is 545 g/mol. The van der Waals surface area contributed by atoms with Gasteiger partial charge in [-0.25, -0.2) is 9.97 Å². The SMILES string of the molecule is CCCCc1nc2cc(-c3cccc[n+]3[O-])c(CO[11CH3])nc2n1Cc1ccc(-c2ccccc2-c2nn[nH]n2)cc1. The molecule has 0 aliphatic rings. The van der Waals surface area contributed by atoms with Gasteiger partial charge in [-0.3, -0.25) is 0 Å². The summed E-state index contributed by atoms with van der Waals surface area (Å²) in [5.41, 5.74) is 7.64. The number of ether oxygens (including phenoxy) is 1. The van der Waals surface area contributed by atoms with Crippen molar-refractivity contribution in [2.75, 3.05) is 7.11 Å². The van der Waals surface area contributed by atoms with Gasteiger partial charge in [0.2, 0.25) is 11.5 Å². The molecule has 4 heterocycles. The number of aromatic nitrogens is 8. The van der Waals surface area contributed by atoms with E-state index in [-0.39, 0.29) is 6.61 Å². The van der Waals surface area contributed by atoms with Crippen molar-refractivity contribution in [2.24, 2.45) is 0 Å². The van der Waals surface area contributed by atoms with Gasteiger partial charge in [0.25, 0.3) is 0 Å². The summed E-state index contributed by atoms with van der Waals surface area (Å²) in [7, 11) is 1.63. The van der Waals surface area contributed by atoms with E-state index >= 15 is 0 Å². The molecule has 0 spiro atoms. The second-order valence-corrected chi connectivity index (χ2v) is 9.87. The van der Waals surface area contributed by atoms with E-state index in [1.165, 1.54) is 6.20 Å². The molecule has 1 N–H and O–H groups in total. The lowest BCUT2D eigenvalue weighted by Gasteiger charge is -2.12. The molecule has 0 radical (unpaired) electrons. The summed E-state index contributed by atoms with van der Waals surface area (Å²) in [5.74, 6) is 1.54. The van der Waals surface area contributed by atoms with Gasteiger partial charge in [0.1, 0.15) is 11.3 Å². The number of methoxy groups -OCH3 is 1. The summed E-state index contributed by atoms with van der Waals surface area (Å²) in [6.45, 7) is 3.08. The zero-order chi connectivity index (χ0) is 28.2. The zero-order valence-electron chi connectivity index (χ0n) is 23.0. The highest BCUT2D eigenvalue weighted by Crippen LogP contribution is 2.31. The van der Waals surface area contributed by atoms with E-state index in [2.05, 4.69) is 62.4 Å². The fourth-order valence-corrected chi connectivity index (χ4v) is 5.11. The number of tetrazole rings is 1. The van der Waals surface area contributed by atoms with Crippen molar-refractivity contribution in [3.63, 3.8) is 0 Å². The van der Waals surface area contributed by atoms with Crippen LogP contribution in [0.25, 0.3) is 44.9 Å². The molecule has 0 amide bonds. The smallest absolute Gasteiger partial charge is 0.225 e. The van der Waals surface area contributed by atoms with Crippen molar-refractivity contribution in [3.05, 3.63) is 101 Å². The van der Waals surface area contributed by atoms with Crippen LogP contribution in [0.2, 0.25) is 0 Å². The lowest BCUT2D eigenvalue weighted by molar-refractivity contribution is -0.593. The normalized spacial score (nSPS) is 11.4. The van der Waals surface area contributed by atoms with E-state index in [1.807, 2.05) is 30.3 Å². The van der Waals surface area contributed by atoms with E-state index in [9.17, 15) is 5.21 Å². The number of hydrogen-bond acceptors (Lipinski definition) is 7. The number of aromatic amines is 1. The second-order valence-electron chi connectivity index (χ2n) is 9.87. The summed E-state index contributed by atoms with van der Waals surface area (Å²) in [5, 5.41) is 27.2.